The van der Waals surface area contributed by atoms with Crippen LogP contribution in [0.1, 0.15) is 25.6 Å². The first-order valence-corrected chi connectivity index (χ1v) is 9.17. The number of guanidine groups is 1. The van der Waals surface area contributed by atoms with Crippen LogP contribution in [0.3, 0.4) is 0 Å². The third kappa shape index (κ3) is 6.36. The summed E-state index contributed by atoms with van der Waals surface area (Å²) >= 11 is 3.88. The Labute approximate surface area is 154 Å². The maximum atomic E-state index is 4.81. The number of halogens is 1. The van der Waals surface area contributed by atoms with Crippen molar-refractivity contribution < 1.29 is 0 Å². The molecule has 1 aromatic rings. The molecule has 1 aliphatic heterocycles. The largest absolute Gasteiger partial charge is 0.357 e. The molecule has 1 aromatic heterocycles. The van der Waals surface area contributed by atoms with Gasteiger partial charge >= 0.3 is 0 Å². The minimum Gasteiger partial charge on any atom is -0.357 e. The van der Waals surface area contributed by atoms with Gasteiger partial charge in [-0.1, -0.05) is 6.07 Å². The molecule has 2 heterocycles. The Morgan fingerprint density at radius 1 is 1.48 bits per heavy atom. The van der Waals surface area contributed by atoms with Crippen LogP contribution in [0, 0.1) is 0 Å². The van der Waals surface area contributed by atoms with Crippen molar-refractivity contribution in [1.82, 2.24) is 10.2 Å². The summed E-state index contributed by atoms with van der Waals surface area (Å²) < 4.78 is 0.322. The Morgan fingerprint density at radius 2 is 2.29 bits per heavy atom. The van der Waals surface area contributed by atoms with E-state index < -0.39 is 0 Å². The van der Waals surface area contributed by atoms with Gasteiger partial charge < -0.3 is 10.2 Å². The van der Waals surface area contributed by atoms with Crippen molar-refractivity contribution in [3.63, 3.8) is 0 Å². The van der Waals surface area contributed by atoms with E-state index in [2.05, 4.69) is 60.3 Å². The molecule has 0 spiro atoms. The lowest BCUT2D eigenvalue weighted by Crippen LogP contribution is -2.51. The molecule has 21 heavy (non-hydrogen) atoms. The molecule has 0 unspecified atom stereocenters. The number of thiophene rings is 1. The molecule has 1 aliphatic rings. The molecule has 3 nitrogen and oxygen atoms in total. The highest BCUT2D eigenvalue weighted by Gasteiger charge is 2.28. The molecule has 0 radical (unpaired) electrons. The topological polar surface area (TPSA) is 27.6 Å². The van der Waals surface area contributed by atoms with E-state index in [4.69, 9.17) is 4.99 Å². The second-order valence-electron chi connectivity index (χ2n) is 5.59. The Balaban J connectivity index is 0.00000220. The first-order chi connectivity index (χ1) is 9.61. The highest BCUT2D eigenvalue weighted by atomic mass is 127. The van der Waals surface area contributed by atoms with Crippen LogP contribution in [0.15, 0.2) is 22.5 Å². The number of aliphatic imine (C=N–C) groups is 1. The zero-order chi connectivity index (χ0) is 14.4. The Kier molecular flexibility index (Phi) is 8.41. The molecule has 1 N–H and O–H groups in total. The van der Waals surface area contributed by atoms with Gasteiger partial charge in [0.05, 0.1) is 0 Å². The van der Waals surface area contributed by atoms with E-state index in [0.29, 0.717) is 4.75 Å². The molecule has 1 fully saturated rings. The Hall–Kier alpha value is 0.0500. The van der Waals surface area contributed by atoms with E-state index in [0.717, 1.165) is 38.6 Å². The highest BCUT2D eigenvalue weighted by Crippen LogP contribution is 2.29. The van der Waals surface area contributed by atoms with Crippen LogP contribution in [0.5, 0.6) is 0 Å². The van der Waals surface area contributed by atoms with E-state index >= 15 is 0 Å². The summed E-state index contributed by atoms with van der Waals surface area (Å²) in [6.07, 6.45) is 1.04. The van der Waals surface area contributed by atoms with Crippen LogP contribution in [-0.4, -0.2) is 47.5 Å². The summed E-state index contributed by atoms with van der Waals surface area (Å²) in [5, 5.41) is 5.57. The number of thioether (sulfide) groups is 1. The molecule has 2 rings (SSSR count). The second-order valence-corrected chi connectivity index (χ2v) is 8.43. The lowest BCUT2D eigenvalue weighted by Gasteiger charge is -2.39. The number of nitrogens with zero attached hydrogens (tertiary/aromatic N) is 2. The summed E-state index contributed by atoms with van der Waals surface area (Å²) in [5.74, 6) is 2.26. The third-order valence-electron chi connectivity index (χ3n) is 3.26. The standard InChI is InChI=1S/C15H25N3S2.HI/c1-4-16-14(17-8-7-13-6-5-10-19-13)18-9-11-20-15(2,3)12-18;/h5-6,10H,4,7-9,11-12H2,1-3H3,(H,16,17);1H. The van der Waals surface area contributed by atoms with Gasteiger partial charge in [-0.25, -0.2) is 0 Å². The fraction of sp³-hybridized carbons (Fsp3) is 0.667. The Morgan fingerprint density at radius 3 is 2.90 bits per heavy atom. The zero-order valence-electron chi connectivity index (χ0n) is 13.1. The fourth-order valence-corrected chi connectivity index (χ4v) is 4.16. The van der Waals surface area contributed by atoms with Crippen molar-refractivity contribution in [2.75, 3.05) is 31.9 Å². The van der Waals surface area contributed by atoms with Gasteiger partial charge in [0.25, 0.3) is 0 Å². The first kappa shape index (κ1) is 19.1. The fourth-order valence-electron chi connectivity index (χ4n) is 2.35. The summed E-state index contributed by atoms with van der Waals surface area (Å²) in [6.45, 7) is 10.7. The number of nitrogens with one attached hydrogen (secondary N) is 1. The number of hydrogen-bond acceptors (Lipinski definition) is 3. The van der Waals surface area contributed by atoms with Gasteiger partial charge in [0.1, 0.15) is 0 Å². The van der Waals surface area contributed by atoms with Gasteiger partial charge in [-0.3, -0.25) is 4.99 Å². The predicted molar refractivity (Wildman–Crippen MR) is 108 cm³/mol. The van der Waals surface area contributed by atoms with Crippen molar-refractivity contribution in [2.45, 2.75) is 31.9 Å². The molecule has 1 saturated heterocycles. The Bertz CT molecular complexity index is 432. The van der Waals surface area contributed by atoms with Crippen LogP contribution in [0.25, 0.3) is 0 Å². The lowest BCUT2D eigenvalue weighted by molar-refractivity contribution is 0.376. The monoisotopic (exact) mass is 439 g/mol. The van der Waals surface area contributed by atoms with Crippen molar-refractivity contribution in [3.05, 3.63) is 22.4 Å². The van der Waals surface area contributed by atoms with Crippen molar-refractivity contribution in [1.29, 1.82) is 0 Å². The summed E-state index contributed by atoms with van der Waals surface area (Å²) in [4.78, 5) is 8.63. The van der Waals surface area contributed by atoms with Crippen molar-refractivity contribution in [3.8, 4) is 0 Å². The van der Waals surface area contributed by atoms with E-state index in [1.807, 2.05) is 11.3 Å². The van der Waals surface area contributed by atoms with Gasteiger partial charge in [0.2, 0.25) is 0 Å². The molecule has 0 aliphatic carbocycles. The third-order valence-corrected chi connectivity index (χ3v) is 5.49. The summed E-state index contributed by atoms with van der Waals surface area (Å²) in [6, 6.07) is 4.30. The van der Waals surface area contributed by atoms with Crippen LogP contribution >= 0.6 is 47.1 Å². The summed E-state index contributed by atoms with van der Waals surface area (Å²) in [7, 11) is 0. The zero-order valence-corrected chi connectivity index (χ0v) is 17.1. The van der Waals surface area contributed by atoms with Crippen LogP contribution < -0.4 is 5.32 Å². The van der Waals surface area contributed by atoms with E-state index in [9.17, 15) is 0 Å². The van der Waals surface area contributed by atoms with Crippen LogP contribution in [-0.2, 0) is 6.42 Å². The normalized spacial score (nSPS) is 18.2. The van der Waals surface area contributed by atoms with Crippen molar-refractivity contribution >= 4 is 53.0 Å². The molecule has 0 bridgehead atoms. The molecule has 0 aromatic carbocycles. The highest BCUT2D eigenvalue weighted by molar-refractivity contribution is 14.0. The smallest absolute Gasteiger partial charge is 0.193 e. The SMILES string of the molecule is CCNC(=NCCc1cccs1)N1CCSC(C)(C)C1.I. The molecule has 0 amide bonds. The molecule has 0 atom stereocenters. The van der Waals surface area contributed by atoms with Crippen LogP contribution in [0.4, 0.5) is 0 Å². The first-order valence-electron chi connectivity index (χ1n) is 7.30. The van der Waals surface area contributed by atoms with Crippen molar-refractivity contribution in [2.24, 2.45) is 4.99 Å². The molecular weight excluding hydrogens is 413 g/mol. The molecule has 6 heteroatoms. The van der Waals surface area contributed by atoms with E-state index in [1.165, 1.54) is 10.6 Å². The average Bonchev–Trinajstić information content (AvgIpc) is 2.90. The van der Waals surface area contributed by atoms with E-state index in [-0.39, 0.29) is 24.0 Å². The maximum Gasteiger partial charge on any atom is 0.193 e. The lowest BCUT2D eigenvalue weighted by atomic mass is 10.2. The number of rotatable bonds is 4. The summed E-state index contributed by atoms with van der Waals surface area (Å²) in [5.41, 5.74) is 0. The van der Waals surface area contributed by atoms with Gasteiger partial charge in [-0.2, -0.15) is 11.8 Å². The van der Waals surface area contributed by atoms with Gasteiger partial charge in [0.15, 0.2) is 5.96 Å². The van der Waals surface area contributed by atoms with Crippen LogP contribution in [0.2, 0.25) is 0 Å². The quantitative estimate of drug-likeness (QED) is 0.441. The minimum atomic E-state index is 0. The minimum absolute atomic E-state index is 0. The molecule has 120 valence electrons. The molecular formula is C15H26IN3S2. The van der Waals surface area contributed by atoms with Gasteiger partial charge in [-0.05, 0) is 32.2 Å². The molecule has 0 saturated carbocycles. The number of hydrogen-bond donors (Lipinski definition) is 1. The maximum absolute atomic E-state index is 4.81. The average molecular weight is 439 g/mol. The van der Waals surface area contributed by atoms with Gasteiger partial charge in [0, 0.05) is 48.0 Å². The van der Waals surface area contributed by atoms with E-state index in [1.54, 1.807) is 0 Å². The second kappa shape index (κ2) is 9.25. The predicted octanol–water partition coefficient (Wildman–Crippen LogP) is 3.70. The van der Waals surface area contributed by atoms with Gasteiger partial charge in [-0.15, -0.1) is 35.3 Å².